The third-order valence-corrected chi connectivity index (χ3v) is 4.02. The van der Waals surface area contributed by atoms with E-state index >= 15 is 0 Å². The van der Waals surface area contributed by atoms with Gasteiger partial charge in [0.1, 0.15) is 5.82 Å². The standard InChI is InChI=1S/C13H18N4O2S/c1-17-11(7-14)15-16-13(17)20-8-9-5-4-6-10(18-2)12(9)19-3/h4-6H,7-8,14H2,1-3H3. The third-order valence-electron chi connectivity index (χ3n) is 2.95. The Labute approximate surface area is 122 Å². The number of nitrogens with zero attached hydrogens (tertiary/aromatic N) is 3. The lowest BCUT2D eigenvalue weighted by Gasteiger charge is -2.12. The number of aromatic nitrogens is 3. The van der Waals surface area contributed by atoms with Crippen molar-refractivity contribution in [3.63, 3.8) is 0 Å². The van der Waals surface area contributed by atoms with Crippen LogP contribution in [0.1, 0.15) is 11.4 Å². The number of thioether (sulfide) groups is 1. The van der Waals surface area contributed by atoms with Crippen LogP contribution in [0.4, 0.5) is 0 Å². The van der Waals surface area contributed by atoms with Gasteiger partial charge in [0, 0.05) is 18.4 Å². The second-order valence-electron chi connectivity index (χ2n) is 4.10. The summed E-state index contributed by atoms with van der Waals surface area (Å²) in [5.41, 5.74) is 6.64. The summed E-state index contributed by atoms with van der Waals surface area (Å²) in [4.78, 5) is 0. The maximum Gasteiger partial charge on any atom is 0.191 e. The van der Waals surface area contributed by atoms with Gasteiger partial charge < -0.3 is 19.8 Å². The molecular formula is C13H18N4O2S. The van der Waals surface area contributed by atoms with Crippen LogP contribution in [-0.2, 0) is 19.3 Å². The summed E-state index contributed by atoms with van der Waals surface area (Å²) in [5.74, 6) is 2.97. The third kappa shape index (κ3) is 2.88. The van der Waals surface area contributed by atoms with Crippen LogP contribution in [0.15, 0.2) is 23.4 Å². The van der Waals surface area contributed by atoms with Crippen molar-refractivity contribution in [1.82, 2.24) is 14.8 Å². The van der Waals surface area contributed by atoms with Crippen LogP contribution in [0.3, 0.4) is 0 Å². The molecule has 1 aromatic heterocycles. The van der Waals surface area contributed by atoms with Gasteiger partial charge in [0.05, 0.1) is 20.8 Å². The SMILES string of the molecule is COc1cccc(CSc2nnc(CN)n2C)c1OC. The highest BCUT2D eigenvalue weighted by Crippen LogP contribution is 2.34. The van der Waals surface area contributed by atoms with Crippen molar-refractivity contribution >= 4 is 11.8 Å². The van der Waals surface area contributed by atoms with Crippen molar-refractivity contribution in [3.05, 3.63) is 29.6 Å². The van der Waals surface area contributed by atoms with Gasteiger partial charge in [-0.05, 0) is 6.07 Å². The molecule has 20 heavy (non-hydrogen) atoms. The molecule has 0 saturated carbocycles. The Balaban J connectivity index is 2.16. The van der Waals surface area contributed by atoms with Gasteiger partial charge in [-0.15, -0.1) is 10.2 Å². The first-order chi connectivity index (χ1) is 9.71. The quantitative estimate of drug-likeness (QED) is 0.815. The van der Waals surface area contributed by atoms with E-state index in [0.29, 0.717) is 6.54 Å². The average molecular weight is 294 g/mol. The molecule has 0 fully saturated rings. The Kier molecular flexibility index (Phi) is 4.86. The van der Waals surface area contributed by atoms with Gasteiger partial charge in [0.15, 0.2) is 16.7 Å². The van der Waals surface area contributed by atoms with Gasteiger partial charge in [0.2, 0.25) is 0 Å². The summed E-state index contributed by atoms with van der Waals surface area (Å²) < 4.78 is 12.6. The van der Waals surface area contributed by atoms with Gasteiger partial charge in [-0.3, -0.25) is 0 Å². The van der Waals surface area contributed by atoms with Gasteiger partial charge in [-0.1, -0.05) is 23.9 Å². The fraction of sp³-hybridized carbons (Fsp3) is 0.385. The van der Waals surface area contributed by atoms with Crippen LogP contribution >= 0.6 is 11.8 Å². The summed E-state index contributed by atoms with van der Waals surface area (Å²) in [6, 6.07) is 5.83. The maximum absolute atomic E-state index is 5.59. The molecule has 108 valence electrons. The molecule has 7 heteroatoms. The van der Waals surface area contributed by atoms with E-state index in [0.717, 1.165) is 33.8 Å². The Morgan fingerprint density at radius 3 is 2.65 bits per heavy atom. The van der Waals surface area contributed by atoms with Gasteiger partial charge in [-0.25, -0.2) is 0 Å². The van der Waals surface area contributed by atoms with Gasteiger partial charge >= 0.3 is 0 Å². The molecule has 0 bridgehead atoms. The van der Waals surface area contributed by atoms with Crippen molar-refractivity contribution in [2.45, 2.75) is 17.5 Å². The van der Waals surface area contributed by atoms with Crippen LogP contribution in [0.5, 0.6) is 11.5 Å². The van der Waals surface area contributed by atoms with Crippen LogP contribution in [0.2, 0.25) is 0 Å². The number of rotatable bonds is 6. The zero-order chi connectivity index (χ0) is 14.5. The predicted molar refractivity (Wildman–Crippen MR) is 78.0 cm³/mol. The molecule has 6 nitrogen and oxygen atoms in total. The molecule has 0 aliphatic heterocycles. The minimum absolute atomic E-state index is 0.381. The lowest BCUT2D eigenvalue weighted by Crippen LogP contribution is -2.05. The fourth-order valence-corrected chi connectivity index (χ4v) is 2.77. The average Bonchev–Trinajstić information content (AvgIpc) is 2.84. The number of methoxy groups -OCH3 is 2. The molecule has 1 aromatic carbocycles. The van der Waals surface area contributed by atoms with E-state index < -0.39 is 0 Å². The summed E-state index contributed by atoms with van der Waals surface area (Å²) in [7, 11) is 5.18. The van der Waals surface area contributed by atoms with E-state index in [4.69, 9.17) is 15.2 Å². The Morgan fingerprint density at radius 1 is 1.25 bits per heavy atom. The molecule has 0 unspecified atom stereocenters. The molecule has 1 heterocycles. The van der Waals surface area contributed by atoms with Crippen LogP contribution in [0, 0.1) is 0 Å². The van der Waals surface area contributed by atoms with Crippen LogP contribution in [-0.4, -0.2) is 29.0 Å². The van der Waals surface area contributed by atoms with E-state index in [1.54, 1.807) is 26.0 Å². The normalized spacial score (nSPS) is 10.6. The minimum atomic E-state index is 0.381. The Hall–Kier alpha value is -1.73. The first-order valence-electron chi connectivity index (χ1n) is 6.12. The zero-order valence-electron chi connectivity index (χ0n) is 11.8. The van der Waals surface area contributed by atoms with Crippen LogP contribution < -0.4 is 15.2 Å². The maximum atomic E-state index is 5.59. The van der Waals surface area contributed by atoms with Crippen molar-refractivity contribution < 1.29 is 9.47 Å². The van der Waals surface area contributed by atoms with E-state index in [9.17, 15) is 0 Å². The number of para-hydroxylation sites is 1. The zero-order valence-corrected chi connectivity index (χ0v) is 12.6. The lowest BCUT2D eigenvalue weighted by atomic mass is 10.2. The summed E-state index contributed by atoms with van der Waals surface area (Å²) in [5, 5.41) is 8.99. The molecule has 0 aliphatic carbocycles. The summed E-state index contributed by atoms with van der Waals surface area (Å²) in [6.45, 7) is 0.381. The largest absolute Gasteiger partial charge is 0.493 e. The fourth-order valence-electron chi connectivity index (χ4n) is 1.86. The smallest absolute Gasteiger partial charge is 0.191 e. The first kappa shape index (κ1) is 14.7. The Morgan fingerprint density at radius 2 is 2.05 bits per heavy atom. The van der Waals surface area contributed by atoms with Crippen LogP contribution in [0.25, 0.3) is 0 Å². The highest BCUT2D eigenvalue weighted by molar-refractivity contribution is 7.98. The predicted octanol–water partition coefficient (Wildman–Crippen LogP) is 1.58. The van der Waals surface area contributed by atoms with E-state index in [1.165, 1.54) is 0 Å². The van der Waals surface area contributed by atoms with Crippen molar-refractivity contribution in [1.29, 1.82) is 0 Å². The molecule has 0 atom stereocenters. The number of ether oxygens (including phenoxy) is 2. The summed E-state index contributed by atoms with van der Waals surface area (Å²) in [6.07, 6.45) is 0. The number of hydrogen-bond donors (Lipinski definition) is 1. The van der Waals surface area contributed by atoms with E-state index in [2.05, 4.69) is 10.2 Å². The highest BCUT2D eigenvalue weighted by atomic mass is 32.2. The molecule has 2 rings (SSSR count). The molecule has 0 amide bonds. The van der Waals surface area contributed by atoms with E-state index in [1.807, 2.05) is 29.8 Å². The molecule has 0 aliphatic rings. The second kappa shape index (κ2) is 6.62. The van der Waals surface area contributed by atoms with Crippen molar-refractivity contribution in [2.75, 3.05) is 14.2 Å². The molecule has 0 saturated heterocycles. The van der Waals surface area contributed by atoms with Crippen molar-refractivity contribution in [2.24, 2.45) is 12.8 Å². The Bertz CT molecular complexity index is 586. The molecule has 0 radical (unpaired) electrons. The monoisotopic (exact) mass is 294 g/mol. The highest BCUT2D eigenvalue weighted by Gasteiger charge is 2.12. The topological polar surface area (TPSA) is 75.2 Å². The number of benzene rings is 1. The van der Waals surface area contributed by atoms with E-state index in [-0.39, 0.29) is 0 Å². The van der Waals surface area contributed by atoms with Gasteiger partial charge in [0.25, 0.3) is 0 Å². The number of nitrogens with two attached hydrogens (primary N) is 1. The second-order valence-corrected chi connectivity index (χ2v) is 5.05. The minimum Gasteiger partial charge on any atom is -0.493 e. The molecule has 2 aromatic rings. The van der Waals surface area contributed by atoms with Gasteiger partial charge in [-0.2, -0.15) is 0 Å². The first-order valence-corrected chi connectivity index (χ1v) is 7.10. The van der Waals surface area contributed by atoms with Crippen molar-refractivity contribution in [3.8, 4) is 11.5 Å². The molecule has 2 N–H and O–H groups in total. The molecular weight excluding hydrogens is 276 g/mol. The number of hydrogen-bond acceptors (Lipinski definition) is 6. The summed E-state index contributed by atoms with van der Waals surface area (Å²) >= 11 is 1.58. The lowest BCUT2D eigenvalue weighted by molar-refractivity contribution is 0.352. The molecule has 0 spiro atoms.